The van der Waals surface area contributed by atoms with E-state index in [1.807, 2.05) is 68.4 Å². The molecule has 3 aromatic rings. The normalized spacial score (nSPS) is 10.5. The molecule has 2 N–H and O–H groups in total. The number of nitrogens with one attached hydrogen (secondary N) is 2. The highest BCUT2D eigenvalue weighted by Gasteiger charge is 2.08. The van der Waals surface area contributed by atoms with Gasteiger partial charge in [0, 0.05) is 24.6 Å². The maximum absolute atomic E-state index is 12.0. The maximum atomic E-state index is 12.0. The molecule has 0 radical (unpaired) electrons. The van der Waals surface area contributed by atoms with Gasteiger partial charge in [-0.25, -0.2) is 9.97 Å². The molecule has 1 amide bonds. The van der Waals surface area contributed by atoms with E-state index in [2.05, 4.69) is 20.6 Å². The summed E-state index contributed by atoms with van der Waals surface area (Å²) in [5.74, 6) is 2.17. The number of hydrogen-bond acceptors (Lipinski definition) is 5. The predicted octanol–water partition coefficient (Wildman–Crippen LogP) is 4.40. The zero-order valence-electron chi connectivity index (χ0n) is 15.3. The topological polar surface area (TPSA) is 76.1 Å². The van der Waals surface area contributed by atoms with Crippen molar-refractivity contribution in [3.8, 4) is 11.5 Å². The first-order valence-electron chi connectivity index (χ1n) is 8.80. The van der Waals surface area contributed by atoms with Crippen LogP contribution in [-0.2, 0) is 0 Å². The van der Waals surface area contributed by atoms with Crippen molar-refractivity contribution in [1.29, 1.82) is 0 Å². The molecule has 0 atom stereocenters. The molecule has 0 bridgehead atoms. The van der Waals surface area contributed by atoms with Crippen LogP contribution >= 0.6 is 0 Å². The second-order valence-electron chi connectivity index (χ2n) is 6.46. The summed E-state index contributed by atoms with van der Waals surface area (Å²) in [6.45, 7) is 4.70. The molecule has 0 unspecified atom stereocenters. The summed E-state index contributed by atoms with van der Waals surface area (Å²) >= 11 is 0. The SMILES string of the molecule is CC(C)CNC(=O)c1cnc(Nc2ccc(Oc3ccccc3)cc2)nc1. The van der Waals surface area contributed by atoms with Gasteiger partial charge in [-0.3, -0.25) is 4.79 Å². The van der Waals surface area contributed by atoms with Crippen LogP contribution in [0.4, 0.5) is 11.6 Å². The highest BCUT2D eigenvalue weighted by molar-refractivity contribution is 5.93. The van der Waals surface area contributed by atoms with Crippen molar-refractivity contribution in [2.45, 2.75) is 13.8 Å². The Bertz CT molecular complexity index is 863. The molecule has 0 saturated heterocycles. The number of ether oxygens (including phenoxy) is 1. The number of carbonyl (C=O) groups excluding carboxylic acids is 1. The van der Waals surface area contributed by atoms with Gasteiger partial charge in [0.1, 0.15) is 11.5 Å². The average Bonchev–Trinajstić information content (AvgIpc) is 2.69. The fourth-order valence-corrected chi connectivity index (χ4v) is 2.27. The quantitative estimate of drug-likeness (QED) is 0.651. The minimum absolute atomic E-state index is 0.169. The van der Waals surface area contributed by atoms with E-state index in [0.717, 1.165) is 17.2 Å². The van der Waals surface area contributed by atoms with Gasteiger partial charge >= 0.3 is 0 Å². The van der Waals surface area contributed by atoms with Crippen molar-refractivity contribution in [3.63, 3.8) is 0 Å². The lowest BCUT2D eigenvalue weighted by atomic mass is 10.2. The summed E-state index contributed by atoms with van der Waals surface area (Å²) in [6, 6.07) is 17.1. The Labute approximate surface area is 158 Å². The van der Waals surface area contributed by atoms with E-state index in [-0.39, 0.29) is 5.91 Å². The molecule has 138 valence electrons. The molecule has 0 fully saturated rings. The van der Waals surface area contributed by atoms with Crippen LogP contribution in [0.15, 0.2) is 67.0 Å². The van der Waals surface area contributed by atoms with Gasteiger partial charge in [-0.1, -0.05) is 32.0 Å². The van der Waals surface area contributed by atoms with Gasteiger partial charge in [0.25, 0.3) is 5.91 Å². The maximum Gasteiger partial charge on any atom is 0.254 e. The number of carbonyl (C=O) groups is 1. The van der Waals surface area contributed by atoms with Crippen molar-refractivity contribution >= 4 is 17.5 Å². The molecule has 0 aliphatic rings. The Kier molecular flexibility index (Phi) is 5.99. The number of para-hydroxylation sites is 1. The van der Waals surface area contributed by atoms with Crippen LogP contribution < -0.4 is 15.4 Å². The van der Waals surface area contributed by atoms with E-state index in [1.54, 1.807) is 0 Å². The fourth-order valence-electron chi connectivity index (χ4n) is 2.27. The Morgan fingerprint density at radius 2 is 1.59 bits per heavy atom. The van der Waals surface area contributed by atoms with E-state index in [1.165, 1.54) is 12.4 Å². The number of amides is 1. The highest BCUT2D eigenvalue weighted by atomic mass is 16.5. The van der Waals surface area contributed by atoms with Crippen molar-refractivity contribution < 1.29 is 9.53 Å². The number of rotatable bonds is 7. The van der Waals surface area contributed by atoms with Gasteiger partial charge in [-0.15, -0.1) is 0 Å². The third-order valence-corrected chi connectivity index (χ3v) is 3.67. The Hall–Kier alpha value is -3.41. The lowest BCUT2D eigenvalue weighted by molar-refractivity contribution is 0.0948. The fraction of sp³-hybridized carbons (Fsp3) is 0.190. The Morgan fingerprint density at radius 1 is 0.963 bits per heavy atom. The molecule has 6 heteroatoms. The van der Waals surface area contributed by atoms with Crippen LogP contribution in [0.3, 0.4) is 0 Å². The first-order valence-corrected chi connectivity index (χ1v) is 8.80. The summed E-state index contributed by atoms with van der Waals surface area (Å²) in [7, 11) is 0. The van der Waals surface area contributed by atoms with Crippen molar-refractivity contribution in [2.24, 2.45) is 5.92 Å². The first kappa shape index (κ1) is 18.4. The van der Waals surface area contributed by atoms with Crippen LogP contribution in [0.25, 0.3) is 0 Å². The highest BCUT2D eigenvalue weighted by Crippen LogP contribution is 2.23. The van der Waals surface area contributed by atoms with Crippen molar-refractivity contribution in [2.75, 3.05) is 11.9 Å². The second-order valence-corrected chi connectivity index (χ2v) is 6.46. The van der Waals surface area contributed by atoms with Crippen LogP contribution in [0.1, 0.15) is 24.2 Å². The second kappa shape index (κ2) is 8.80. The van der Waals surface area contributed by atoms with Gasteiger partial charge < -0.3 is 15.4 Å². The van der Waals surface area contributed by atoms with E-state index in [0.29, 0.717) is 24.0 Å². The number of anilines is 2. The van der Waals surface area contributed by atoms with Gasteiger partial charge in [0.2, 0.25) is 5.95 Å². The molecule has 1 aromatic heterocycles. The number of nitrogens with zero attached hydrogens (tertiary/aromatic N) is 2. The lowest BCUT2D eigenvalue weighted by Crippen LogP contribution is -2.27. The molecular formula is C21H22N4O2. The molecule has 27 heavy (non-hydrogen) atoms. The molecule has 3 rings (SSSR count). The minimum atomic E-state index is -0.169. The zero-order valence-corrected chi connectivity index (χ0v) is 15.3. The monoisotopic (exact) mass is 362 g/mol. The van der Waals surface area contributed by atoms with Crippen molar-refractivity contribution in [1.82, 2.24) is 15.3 Å². The molecule has 6 nitrogen and oxygen atoms in total. The predicted molar refractivity (Wildman–Crippen MR) is 105 cm³/mol. The van der Waals surface area contributed by atoms with Crippen LogP contribution in [0.5, 0.6) is 11.5 Å². The summed E-state index contributed by atoms with van der Waals surface area (Å²) in [5, 5.41) is 5.94. The van der Waals surface area contributed by atoms with Gasteiger partial charge in [0.05, 0.1) is 5.56 Å². The standard InChI is InChI=1S/C21H22N4O2/c1-15(2)12-22-20(26)16-13-23-21(24-14-16)25-17-8-10-19(11-9-17)27-18-6-4-3-5-7-18/h3-11,13-15H,12H2,1-2H3,(H,22,26)(H,23,24,25). The van der Waals surface area contributed by atoms with E-state index < -0.39 is 0 Å². The van der Waals surface area contributed by atoms with Crippen LogP contribution in [0, 0.1) is 5.92 Å². The zero-order chi connectivity index (χ0) is 19.1. The molecular weight excluding hydrogens is 340 g/mol. The third-order valence-electron chi connectivity index (χ3n) is 3.67. The molecule has 2 aromatic carbocycles. The Morgan fingerprint density at radius 3 is 2.22 bits per heavy atom. The molecule has 0 spiro atoms. The third kappa shape index (κ3) is 5.54. The Balaban J connectivity index is 1.58. The van der Waals surface area contributed by atoms with Crippen molar-refractivity contribution in [3.05, 3.63) is 72.6 Å². The number of benzene rings is 2. The number of hydrogen-bond donors (Lipinski definition) is 2. The van der Waals surface area contributed by atoms with Gasteiger partial charge in [0.15, 0.2) is 0 Å². The summed E-state index contributed by atoms with van der Waals surface area (Å²) in [4.78, 5) is 20.4. The lowest BCUT2D eigenvalue weighted by Gasteiger charge is -2.09. The largest absolute Gasteiger partial charge is 0.457 e. The van der Waals surface area contributed by atoms with E-state index in [9.17, 15) is 4.79 Å². The number of aromatic nitrogens is 2. The smallest absolute Gasteiger partial charge is 0.254 e. The molecule has 0 saturated carbocycles. The molecule has 0 aliphatic heterocycles. The van der Waals surface area contributed by atoms with Gasteiger partial charge in [-0.2, -0.15) is 0 Å². The van der Waals surface area contributed by atoms with Crippen LogP contribution in [0.2, 0.25) is 0 Å². The van der Waals surface area contributed by atoms with Gasteiger partial charge in [-0.05, 0) is 42.3 Å². The summed E-state index contributed by atoms with van der Waals surface area (Å²) < 4.78 is 5.76. The first-order chi connectivity index (χ1) is 13.1. The molecule has 0 aliphatic carbocycles. The van der Waals surface area contributed by atoms with E-state index in [4.69, 9.17) is 4.74 Å². The minimum Gasteiger partial charge on any atom is -0.457 e. The summed E-state index contributed by atoms with van der Waals surface area (Å²) in [5.41, 5.74) is 1.26. The molecule has 1 heterocycles. The summed E-state index contributed by atoms with van der Waals surface area (Å²) in [6.07, 6.45) is 3.02. The average molecular weight is 362 g/mol. The van der Waals surface area contributed by atoms with Crippen LogP contribution in [-0.4, -0.2) is 22.4 Å². The van der Waals surface area contributed by atoms with E-state index >= 15 is 0 Å².